The van der Waals surface area contributed by atoms with Crippen molar-refractivity contribution in [2.24, 2.45) is 5.10 Å². The Morgan fingerprint density at radius 3 is 2.74 bits per heavy atom. The molecule has 19 heavy (non-hydrogen) atoms. The third kappa shape index (κ3) is 3.23. The van der Waals surface area contributed by atoms with Gasteiger partial charge < -0.3 is 0 Å². The Morgan fingerprint density at radius 1 is 1.42 bits per heavy atom. The SMILES string of the molecule is CCCc1n[nH]c(=S)n1/N=C/c1c(Cl)cccc1Cl. The number of nitrogens with zero attached hydrogens (tertiary/aromatic N) is 3. The van der Waals surface area contributed by atoms with Crippen LogP contribution in [0.15, 0.2) is 23.3 Å². The maximum Gasteiger partial charge on any atom is 0.216 e. The van der Waals surface area contributed by atoms with Crippen LogP contribution < -0.4 is 0 Å². The van der Waals surface area contributed by atoms with Crippen LogP contribution in [0.25, 0.3) is 0 Å². The number of aromatic nitrogens is 3. The van der Waals surface area contributed by atoms with Gasteiger partial charge in [-0.3, -0.25) is 5.10 Å². The highest BCUT2D eigenvalue weighted by Crippen LogP contribution is 2.22. The smallest absolute Gasteiger partial charge is 0.216 e. The van der Waals surface area contributed by atoms with Crippen LogP contribution in [-0.2, 0) is 6.42 Å². The lowest BCUT2D eigenvalue weighted by atomic mass is 10.2. The molecule has 0 amide bonds. The molecule has 0 fully saturated rings. The highest BCUT2D eigenvalue weighted by molar-refractivity contribution is 7.71. The maximum atomic E-state index is 6.08. The second-order valence-corrected chi connectivity index (χ2v) is 5.09. The molecule has 0 bridgehead atoms. The zero-order valence-corrected chi connectivity index (χ0v) is 12.6. The lowest BCUT2D eigenvalue weighted by Crippen LogP contribution is -1.99. The highest BCUT2D eigenvalue weighted by atomic mass is 35.5. The van der Waals surface area contributed by atoms with Crippen molar-refractivity contribution in [1.82, 2.24) is 14.9 Å². The molecule has 0 radical (unpaired) electrons. The van der Waals surface area contributed by atoms with E-state index in [-0.39, 0.29) is 0 Å². The molecule has 0 aliphatic heterocycles. The van der Waals surface area contributed by atoms with Crippen molar-refractivity contribution in [2.45, 2.75) is 19.8 Å². The van der Waals surface area contributed by atoms with Gasteiger partial charge in [0.15, 0.2) is 5.82 Å². The summed E-state index contributed by atoms with van der Waals surface area (Å²) < 4.78 is 2.03. The van der Waals surface area contributed by atoms with E-state index in [0.29, 0.717) is 20.4 Å². The lowest BCUT2D eigenvalue weighted by Gasteiger charge is -2.01. The molecule has 0 spiro atoms. The van der Waals surface area contributed by atoms with Crippen molar-refractivity contribution in [2.75, 3.05) is 0 Å². The second-order valence-electron chi connectivity index (χ2n) is 3.89. The molecule has 1 aromatic carbocycles. The standard InChI is InChI=1S/C12H12Cl2N4S/c1-2-4-11-16-17-12(19)18(11)15-7-8-9(13)5-3-6-10(8)14/h3,5-7H,2,4H2,1H3,(H,17,19)/b15-7+. The van der Waals surface area contributed by atoms with E-state index in [0.717, 1.165) is 18.7 Å². The van der Waals surface area contributed by atoms with Gasteiger partial charge in [0.25, 0.3) is 0 Å². The molecule has 4 nitrogen and oxygen atoms in total. The minimum absolute atomic E-state index is 0.447. The van der Waals surface area contributed by atoms with E-state index >= 15 is 0 Å². The third-order valence-electron chi connectivity index (χ3n) is 2.49. The number of halogens is 2. The molecule has 0 aliphatic rings. The zero-order valence-electron chi connectivity index (χ0n) is 10.2. The summed E-state index contributed by atoms with van der Waals surface area (Å²) in [5, 5.41) is 12.2. The topological polar surface area (TPSA) is 46.0 Å². The Hall–Kier alpha value is -1.17. The first kappa shape index (κ1) is 14.2. The van der Waals surface area contributed by atoms with Gasteiger partial charge in [-0.05, 0) is 30.8 Å². The first-order chi connectivity index (χ1) is 9.13. The molecule has 0 saturated heterocycles. The van der Waals surface area contributed by atoms with Gasteiger partial charge >= 0.3 is 0 Å². The highest BCUT2D eigenvalue weighted by Gasteiger charge is 2.05. The number of hydrogen-bond donors (Lipinski definition) is 1. The number of nitrogens with one attached hydrogen (secondary N) is 1. The van der Waals surface area contributed by atoms with Gasteiger partial charge in [0.2, 0.25) is 4.77 Å². The summed E-state index contributed by atoms with van der Waals surface area (Å²) in [4.78, 5) is 0. The molecule has 1 N–H and O–H groups in total. The van der Waals surface area contributed by atoms with E-state index in [1.165, 1.54) is 0 Å². The monoisotopic (exact) mass is 314 g/mol. The zero-order chi connectivity index (χ0) is 13.8. The first-order valence-corrected chi connectivity index (χ1v) is 6.94. The van der Waals surface area contributed by atoms with Gasteiger partial charge in [0.1, 0.15) is 0 Å². The number of benzene rings is 1. The van der Waals surface area contributed by atoms with Crippen LogP contribution in [0.5, 0.6) is 0 Å². The van der Waals surface area contributed by atoms with Crippen LogP contribution >= 0.6 is 35.4 Å². The molecule has 2 rings (SSSR count). The second kappa shape index (κ2) is 6.32. The van der Waals surface area contributed by atoms with E-state index in [9.17, 15) is 0 Å². The Bertz CT molecular complexity index is 640. The molecule has 7 heteroatoms. The lowest BCUT2D eigenvalue weighted by molar-refractivity contribution is 0.740. The van der Waals surface area contributed by atoms with Gasteiger partial charge in [0, 0.05) is 12.0 Å². The van der Waals surface area contributed by atoms with E-state index in [1.54, 1.807) is 29.1 Å². The summed E-state index contributed by atoms with van der Waals surface area (Å²) in [5.41, 5.74) is 0.663. The molecule has 1 heterocycles. The Labute approximate surface area is 126 Å². The Kier molecular flexibility index (Phi) is 4.74. The van der Waals surface area contributed by atoms with Gasteiger partial charge in [-0.2, -0.15) is 14.9 Å². The number of hydrogen-bond acceptors (Lipinski definition) is 3. The van der Waals surface area contributed by atoms with Gasteiger partial charge in [-0.15, -0.1) is 0 Å². The summed E-state index contributed by atoms with van der Waals surface area (Å²) in [5.74, 6) is 0.784. The van der Waals surface area contributed by atoms with Crippen LogP contribution in [-0.4, -0.2) is 21.1 Å². The quantitative estimate of drug-likeness (QED) is 0.682. The molecule has 0 aliphatic carbocycles. The van der Waals surface area contributed by atoms with Gasteiger partial charge in [0.05, 0.1) is 16.3 Å². The van der Waals surface area contributed by atoms with Crippen molar-refractivity contribution in [3.05, 3.63) is 44.4 Å². The maximum absolute atomic E-state index is 6.08. The van der Waals surface area contributed by atoms with Crippen molar-refractivity contribution in [1.29, 1.82) is 0 Å². The van der Waals surface area contributed by atoms with Crippen LogP contribution in [0, 0.1) is 4.77 Å². The minimum Gasteiger partial charge on any atom is -0.250 e. The molecule has 100 valence electrons. The van der Waals surface area contributed by atoms with E-state index in [4.69, 9.17) is 35.4 Å². The molecule has 1 aromatic heterocycles. The van der Waals surface area contributed by atoms with Crippen molar-refractivity contribution in [3.63, 3.8) is 0 Å². The third-order valence-corrected chi connectivity index (χ3v) is 3.42. The van der Waals surface area contributed by atoms with Gasteiger partial charge in [-0.25, -0.2) is 0 Å². The molecular formula is C12H12Cl2N4S. The largest absolute Gasteiger partial charge is 0.250 e. The van der Waals surface area contributed by atoms with E-state index in [2.05, 4.69) is 22.2 Å². The minimum atomic E-state index is 0.447. The number of aromatic amines is 1. The van der Waals surface area contributed by atoms with Crippen LogP contribution in [0.2, 0.25) is 10.0 Å². The summed E-state index contributed by atoms with van der Waals surface area (Å²) in [6.45, 7) is 2.07. The fraction of sp³-hybridized carbons (Fsp3) is 0.250. The van der Waals surface area contributed by atoms with Crippen LogP contribution in [0.1, 0.15) is 24.7 Å². The Balaban J connectivity index is 2.38. The molecule has 2 aromatic rings. The number of H-pyrrole nitrogens is 1. The van der Waals surface area contributed by atoms with Crippen molar-refractivity contribution >= 4 is 41.6 Å². The summed E-state index contributed by atoms with van der Waals surface area (Å²) in [6.07, 6.45) is 3.35. The summed E-state index contributed by atoms with van der Waals surface area (Å²) in [7, 11) is 0. The molecular weight excluding hydrogens is 303 g/mol. The van der Waals surface area contributed by atoms with Crippen molar-refractivity contribution < 1.29 is 0 Å². The van der Waals surface area contributed by atoms with Gasteiger partial charge in [-0.1, -0.05) is 36.2 Å². The fourth-order valence-corrected chi connectivity index (χ4v) is 2.27. The summed E-state index contributed by atoms with van der Waals surface area (Å²) in [6, 6.07) is 5.31. The summed E-state index contributed by atoms with van der Waals surface area (Å²) >= 11 is 17.3. The van der Waals surface area contributed by atoms with E-state index in [1.807, 2.05) is 0 Å². The fourth-order valence-electron chi connectivity index (χ4n) is 1.58. The number of rotatable bonds is 4. The van der Waals surface area contributed by atoms with Crippen molar-refractivity contribution in [3.8, 4) is 0 Å². The molecule has 0 unspecified atom stereocenters. The Morgan fingerprint density at radius 2 is 2.11 bits per heavy atom. The predicted octanol–water partition coefficient (Wildman–Crippen LogP) is 4.08. The number of aryl methyl sites for hydroxylation is 1. The van der Waals surface area contributed by atoms with E-state index < -0.39 is 0 Å². The predicted molar refractivity (Wildman–Crippen MR) is 80.9 cm³/mol. The molecule has 0 saturated carbocycles. The first-order valence-electron chi connectivity index (χ1n) is 5.78. The van der Waals surface area contributed by atoms with Crippen LogP contribution in [0.3, 0.4) is 0 Å². The average Bonchev–Trinajstić information content (AvgIpc) is 2.71. The van der Waals surface area contributed by atoms with Crippen LogP contribution in [0.4, 0.5) is 0 Å². The normalized spacial score (nSPS) is 11.3. The molecule has 0 atom stereocenters. The average molecular weight is 315 g/mol.